The van der Waals surface area contributed by atoms with Crippen molar-refractivity contribution in [2.75, 3.05) is 32.7 Å². The number of anilines is 1. The van der Waals surface area contributed by atoms with Gasteiger partial charge in [0.25, 0.3) is 0 Å². The monoisotopic (exact) mass is 331 g/mol. The zero-order valence-electron chi connectivity index (χ0n) is 12.9. The summed E-state index contributed by atoms with van der Waals surface area (Å²) in [6.45, 7) is 0.555. The smallest absolute Gasteiger partial charge is 0.161 e. The van der Waals surface area contributed by atoms with E-state index in [1.807, 2.05) is 30.5 Å². The molecule has 0 fully saturated rings. The molecule has 0 aliphatic carbocycles. The number of ether oxygens (including phenoxy) is 2. The molecule has 0 spiro atoms. The summed E-state index contributed by atoms with van der Waals surface area (Å²) in [5.74, 6) is 1.36. The Morgan fingerprint density at radius 2 is 1.96 bits per heavy atom. The molecule has 0 bridgehead atoms. The third kappa shape index (κ3) is 3.06. The number of methoxy groups -OCH3 is 2. The van der Waals surface area contributed by atoms with E-state index in [1.54, 1.807) is 14.2 Å². The van der Waals surface area contributed by atoms with Gasteiger partial charge in [0.1, 0.15) is 16.0 Å². The summed E-state index contributed by atoms with van der Waals surface area (Å²) in [6.07, 6.45) is 1.81. The van der Waals surface area contributed by atoms with Gasteiger partial charge in [-0.1, -0.05) is 6.07 Å². The van der Waals surface area contributed by atoms with Crippen LogP contribution in [-0.4, -0.2) is 41.8 Å². The number of aliphatic hydroxyl groups excluding tert-OH is 1. The van der Waals surface area contributed by atoms with Crippen molar-refractivity contribution in [3.63, 3.8) is 0 Å². The molecule has 1 aromatic carbocycles. The summed E-state index contributed by atoms with van der Waals surface area (Å²) >= 11 is 1.34. The van der Waals surface area contributed by atoms with Crippen molar-refractivity contribution in [1.82, 2.24) is 9.36 Å². The van der Waals surface area contributed by atoms with E-state index in [4.69, 9.17) is 14.6 Å². The molecule has 3 aromatic rings. The van der Waals surface area contributed by atoms with Crippen LogP contribution >= 0.6 is 11.5 Å². The van der Waals surface area contributed by atoms with Gasteiger partial charge in [-0.25, -0.2) is 0 Å². The van der Waals surface area contributed by atoms with Crippen LogP contribution in [0.5, 0.6) is 11.5 Å². The molecule has 0 aliphatic heterocycles. The molecule has 2 N–H and O–H groups in total. The fourth-order valence-corrected chi connectivity index (χ4v) is 3.03. The number of rotatable bonds is 6. The quantitative estimate of drug-likeness (QED) is 0.723. The van der Waals surface area contributed by atoms with Crippen LogP contribution in [0.3, 0.4) is 0 Å². The minimum Gasteiger partial charge on any atom is -0.493 e. The summed E-state index contributed by atoms with van der Waals surface area (Å²) in [7, 11) is 3.23. The van der Waals surface area contributed by atoms with E-state index in [0.29, 0.717) is 18.0 Å². The van der Waals surface area contributed by atoms with Crippen molar-refractivity contribution in [1.29, 1.82) is 0 Å². The molecule has 0 amide bonds. The fraction of sp³-hybridized carbons (Fsp3) is 0.250. The molecule has 6 nitrogen and oxygen atoms in total. The highest BCUT2D eigenvalue weighted by atomic mass is 32.1. The number of pyridine rings is 1. The highest BCUT2D eigenvalue weighted by Gasteiger charge is 2.11. The van der Waals surface area contributed by atoms with Crippen LogP contribution in [0.1, 0.15) is 0 Å². The van der Waals surface area contributed by atoms with Gasteiger partial charge in [-0.3, -0.25) is 4.98 Å². The maximum atomic E-state index is 8.90. The number of hydrogen-bond acceptors (Lipinski definition) is 7. The van der Waals surface area contributed by atoms with Gasteiger partial charge in [-0.2, -0.15) is 4.37 Å². The Kier molecular flexibility index (Phi) is 4.59. The Hall–Kier alpha value is -2.38. The zero-order chi connectivity index (χ0) is 16.2. The van der Waals surface area contributed by atoms with Crippen LogP contribution in [0, 0.1) is 0 Å². The molecular weight excluding hydrogens is 314 g/mol. The van der Waals surface area contributed by atoms with Gasteiger partial charge in [-0.15, -0.1) is 0 Å². The second kappa shape index (κ2) is 6.80. The lowest BCUT2D eigenvalue weighted by Crippen LogP contribution is -2.04. The Labute approximate surface area is 137 Å². The Balaban J connectivity index is 1.97. The molecule has 2 heterocycles. The topological polar surface area (TPSA) is 76.5 Å². The highest BCUT2D eigenvalue weighted by molar-refractivity contribution is 7.11. The summed E-state index contributed by atoms with van der Waals surface area (Å²) in [5.41, 5.74) is 3.57. The molecule has 0 saturated heterocycles. The van der Waals surface area contributed by atoms with Crippen molar-refractivity contribution in [3.05, 3.63) is 30.5 Å². The van der Waals surface area contributed by atoms with Gasteiger partial charge >= 0.3 is 0 Å². The average Bonchev–Trinajstić information content (AvgIpc) is 3.01. The van der Waals surface area contributed by atoms with Gasteiger partial charge in [0.2, 0.25) is 0 Å². The Morgan fingerprint density at radius 1 is 1.13 bits per heavy atom. The van der Waals surface area contributed by atoms with Crippen LogP contribution < -0.4 is 14.8 Å². The predicted molar refractivity (Wildman–Crippen MR) is 91.5 cm³/mol. The summed E-state index contributed by atoms with van der Waals surface area (Å²) in [6, 6.07) is 7.73. The Bertz CT molecular complexity index is 819. The van der Waals surface area contributed by atoms with Crippen LogP contribution in [-0.2, 0) is 0 Å². The third-order valence-electron chi connectivity index (χ3n) is 3.43. The standard InChI is InChI=1S/C16H17N3O3S/c1-21-13-4-3-10(8-14(13)22-2)11-7-12-15(18-9-11)16(23-19-12)17-5-6-20/h3-4,7-9,17,20H,5-6H2,1-2H3. The van der Waals surface area contributed by atoms with Gasteiger partial charge in [0.05, 0.1) is 20.8 Å². The third-order valence-corrected chi connectivity index (χ3v) is 4.24. The van der Waals surface area contributed by atoms with E-state index >= 15 is 0 Å². The number of benzene rings is 1. The predicted octanol–water partition coefficient (Wildman–Crippen LogP) is 2.78. The second-order valence-electron chi connectivity index (χ2n) is 4.82. The summed E-state index contributed by atoms with van der Waals surface area (Å²) in [4.78, 5) is 4.50. The minimum absolute atomic E-state index is 0.0725. The SMILES string of the molecule is COc1ccc(-c2cnc3c(NCCO)snc3c2)cc1OC. The Morgan fingerprint density at radius 3 is 2.70 bits per heavy atom. The lowest BCUT2D eigenvalue weighted by atomic mass is 10.1. The highest BCUT2D eigenvalue weighted by Crippen LogP contribution is 2.34. The molecule has 0 atom stereocenters. The molecule has 3 rings (SSSR count). The fourth-order valence-electron chi connectivity index (χ4n) is 2.29. The molecule has 120 valence electrons. The van der Waals surface area contributed by atoms with Gasteiger partial charge in [0, 0.05) is 18.3 Å². The van der Waals surface area contributed by atoms with Gasteiger partial charge in [-0.05, 0) is 35.3 Å². The van der Waals surface area contributed by atoms with Crippen LogP contribution in [0.4, 0.5) is 5.00 Å². The first-order valence-electron chi connectivity index (χ1n) is 7.09. The van der Waals surface area contributed by atoms with Crippen molar-refractivity contribution in [3.8, 4) is 22.6 Å². The van der Waals surface area contributed by atoms with Crippen molar-refractivity contribution >= 4 is 27.6 Å². The van der Waals surface area contributed by atoms with Crippen molar-refractivity contribution in [2.45, 2.75) is 0 Å². The number of nitrogens with zero attached hydrogens (tertiary/aromatic N) is 2. The molecule has 23 heavy (non-hydrogen) atoms. The van der Waals surface area contributed by atoms with E-state index in [0.717, 1.165) is 27.2 Å². The lowest BCUT2D eigenvalue weighted by molar-refractivity contribution is 0.311. The van der Waals surface area contributed by atoms with Gasteiger partial charge < -0.3 is 19.9 Å². The summed E-state index contributed by atoms with van der Waals surface area (Å²) < 4.78 is 15.0. The van der Waals surface area contributed by atoms with E-state index in [-0.39, 0.29) is 6.61 Å². The summed E-state index contributed by atoms with van der Waals surface area (Å²) in [5, 5.41) is 12.9. The average molecular weight is 331 g/mol. The molecule has 0 radical (unpaired) electrons. The van der Waals surface area contributed by atoms with E-state index in [1.165, 1.54) is 11.5 Å². The number of nitrogens with one attached hydrogen (secondary N) is 1. The number of aliphatic hydroxyl groups is 1. The van der Waals surface area contributed by atoms with Crippen LogP contribution in [0.2, 0.25) is 0 Å². The number of hydrogen-bond donors (Lipinski definition) is 2. The molecule has 0 saturated carbocycles. The first kappa shape index (κ1) is 15.5. The molecule has 0 unspecified atom stereocenters. The van der Waals surface area contributed by atoms with Gasteiger partial charge in [0.15, 0.2) is 11.5 Å². The van der Waals surface area contributed by atoms with E-state index < -0.39 is 0 Å². The van der Waals surface area contributed by atoms with Crippen LogP contribution in [0.25, 0.3) is 22.2 Å². The molecule has 7 heteroatoms. The maximum absolute atomic E-state index is 8.90. The minimum atomic E-state index is 0.0725. The van der Waals surface area contributed by atoms with E-state index in [2.05, 4.69) is 14.7 Å². The second-order valence-corrected chi connectivity index (χ2v) is 5.60. The maximum Gasteiger partial charge on any atom is 0.161 e. The van der Waals surface area contributed by atoms with Crippen LogP contribution in [0.15, 0.2) is 30.5 Å². The number of fused-ring (bicyclic) bond motifs is 1. The molecule has 2 aromatic heterocycles. The van der Waals surface area contributed by atoms with Crippen molar-refractivity contribution < 1.29 is 14.6 Å². The molecular formula is C16H17N3O3S. The first-order chi connectivity index (χ1) is 11.3. The lowest BCUT2D eigenvalue weighted by Gasteiger charge is -2.09. The molecule has 0 aliphatic rings. The van der Waals surface area contributed by atoms with Crippen molar-refractivity contribution in [2.24, 2.45) is 0 Å². The first-order valence-corrected chi connectivity index (χ1v) is 7.86. The normalized spacial score (nSPS) is 10.7. The van der Waals surface area contributed by atoms with E-state index in [9.17, 15) is 0 Å². The number of aromatic nitrogens is 2. The zero-order valence-corrected chi connectivity index (χ0v) is 13.7. The largest absolute Gasteiger partial charge is 0.493 e.